The maximum Gasteiger partial charge on any atom is 0.181 e. The van der Waals surface area contributed by atoms with Gasteiger partial charge in [0, 0.05) is 39.3 Å². The fraction of sp³-hybridized carbons (Fsp3) is 0.650. The number of morpholine rings is 1. The van der Waals surface area contributed by atoms with E-state index in [4.69, 9.17) is 17.0 Å². The number of fused-ring (bicyclic) bond motifs is 1. The Bertz CT molecular complexity index is 785. The molecule has 0 spiro atoms. The van der Waals surface area contributed by atoms with Crippen LogP contribution in [0.4, 0.5) is 0 Å². The van der Waals surface area contributed by atoms with Gasteiger partial charge >= 0.3 is 0 Å². The van der Waals surface area contributed by atoms with Gasteiger partial charge in [-0.3, -0.25) is 9.80 Å². The first-order chi connectivity index (χ1) is 12.8. The van der Waals surface area contributed by atoms with Crippen molar-refractivity contribution in [2.24, 2.45) is 5.92 Å². The summed E-state index contributed by atoms with van der Waals surface area (Å²) in [5, 5.41) is 0. The summed E-state index contributed by atoms with van der Waals surface area (Å²) in [6.45, 7) is 11.6. The third kappa shape index (κ3) is 3.74. The standard InChI is InChI=1S/C20H30N4OS/c1-2-23-18-5-3-4-6-19(18)24(20(23)26)16-22-9-7-17(8-10-22)15-21-11-13-25-14-12-21/h3-6,17H,2,7-16H2,1H3. The summed E-state index contributed by atoms with van der Waals surface area (Å²) in [4.78, 5) is 5.15. The number of ether oxygens (including phenoxy) is 1. The monoisotopic (exact) mass is 374 g/mol. The third-order valence-electron chi connectivity index (χ3n) is 5.91. The van der Waals surface area contributed by atoms with Crippen LogP contribution in [0.25, 0.3) is 11.0 Å². The molecule has 0 saturated carbocycles. The number of hydrogen-bond acceptors (Lipinski definition) is 4. The van der Waals surface area contributed by atoms with Crippen molar-refractivity contribution < 1.29 is 4.74 Å². The second kappa shape index (κ2) is 8.21. The van der Waals surface area contributed by atoms with Crippen molar-refractivity contribution in [1.82, 2.24) is 18.9 Å². The van der Waals surface area contributed by atoms with Crippen molar-refractivity contribution in [3.63, 3.8) is 0 Å². The molecule has 1 aromatic carbocycles. The topological polar surface area (TPSA) is 25.6 Å². The predicted octanol–water partition coefficient (Wildman–Crippen LogP) is 3.19. The SMILES string of the molecule is CCn1c(=S)n(CN2CCC(CN3CCOCC3)CC2)c2ccccc21. The molecule has 1 aromatic heterocycles. The Hall–Kier alpha value is -1.21. The van der Waals surface area contributed by atoms with Gasteiger partial charge in [-0.15, -0.1) is 0 Å². The van der Waals surface area contributed by atoms with Crippen LogP contribution >= 0.6 is 12.2 Å². The minimum absolute atomic E-state index is 0.828. The van der Waals surface area contributed by atoms with Crippen molar-refractivity contribution in [3.8, 4) is 0 Å². The number of likely N-dealkylation sites (tertiary alicyclic amines) is 1. The molecule has 0 unspecified atom stereocenters. The van der Waals surface area contributed by atoms with E-state index < -0.39 is 0 Å². The Morgan fingerprint density at radius 3 is 2.27 bits per heavy atom. The van der Waals surface area contributed by atoms with Gasteiger partial charge in [0.15, 0.2) is 4.77 Å². The van der Waals surface area contributed by atoms with E-state index in [1.165, 1.54) is 43.5 Å². The molecule has 0 aliphatic carbocycles. The van der Waals surface area contributed by atoms with Gasteiger partial charge in [-0.1, -0.05) is 12.1 Å². The van der Waals surface area contributed by atoms with Gasteiger partial charge in [-0.2, -0.15) is 0 Å². The number of benzene rings is 1. The van der Waals surface area contributed by atoms with E-state index >= 15 is 0 Å². The van der Waals surface area contributed by atoms with Crippen LogP contribution in [0.5, 0.6) is 0 Å². The van der Waals surface area contributed by atoms with Crippen molar-refractivity contribution in [2.75, 3.05) is 45.9 Å². The van der Waals surface area contributed by atoms with Crippen LogP contribution in [0, 0.1) is 10.7 Å². The number of piperidine rings is 1. The van der Waals surface area contributed by atoms with Crippen molar-refractivity contribution in [2.45, 2.75) is 33.0 Å². The molecule has 0 N–H and O–H groups in total. The molecule has 2 aromatic rings. The molecule has 0 atom stereocenters. The van der Waals surface area contributed by atoms with Crippen LogP contribution in [0.2, 0.25) is 0 Å². The van der Waals surface area contributed by atoms with Gasteiger partial charge in [0.05, 0.1) is 30.9 Å². The lowest BCUT2D eigenvalue weighted by molar-refractivity contribution is 0.0231. The zero-order chi connectivity index (χ0) is 17.9. The van der Waals surface area contributed by atoms with Crippen molar-refractivity contribution >= 4 is 23.3 Å². The van der Waals surface area contributed by atoms with Crippen LogP contribution < -0.4 is 0 Å². The summed E-state index contributed by atoms with van der Waals surface area (Å²) >= 11 is 5.77. The lowest BCUT2D eigenvalue weighted by Gasteiger charge is -2.36. The molecule has 2 fully saturated rings. The second-order valence-corrected chi connectivity index (χ2v) is 7.92. The van der Waals surface area contributed by atoms with Crippen molar-refractivity contribution in [3.05, 3.63) is 29.0 Å². The van der Waals surface area contributed by atoms with Crippen LogP contribution in [0.15, 0.2) is 24.3 Å². The normalized spacial score (nSPS) is 20.8. The molecular weight excluding hydrogens is 344 g/mol. The Morgan fingerprint density at radius 2 is 1.62 bits per heavy atom. The van der Waals surface area contributed by atoms with E-state index in [9.17, 15) is 0 Å². The highest BCUT2D eigenvalue weighted by atomic mass is 32.1. The third-order valence-corrected chi connectivity index (χ3v) is 6.35. The van der Waals surface area contributed by atoms with Gasteiger partial charge in [-0.05, 0) is 50.0 Å². The van der Waals surface area contributed by atoms with Crippen LogP contribution in [0.3, 0.4) is 0 Å². The maximum absolute atomic E-state index is 5.77. The maximum atomic E-state index is 5.77. The summed E-state index contributed by atoms with van der Waals surface area (Å²) in [5.41, 5.74) is 2.51. The smallest absolute Gasteiger partial charge is 0.181 e. The van der Waals surface area contributed by atoms with E-state index in [-0.39, 0.29) is 0 Å². The lowest BCUT2D eigenvalue weighted by atomic mass is 9.96. The summed E-state index contributed by atoms with van der Waals surface area (Å²) in [6.07, 6.45) is 2.58. The van der Waals surface area contributed by atoms with E-state index in [1.54, 1.807) is 0 Å². The Labute approximate surface area is 161 Å². The van der Waals surface area contributed by atoms with E-state index in [2.05, 4.69) is 50.1 Å². The van der Waals surface area contributed by atoms with Gasteiger partial charge in [-0.25, -0.2) is 0 Å². The van der Waals surface area contributed by atoms with Crippen LogP contribution in [-0.2, 0) is 18.0 Å². The number of nitrogens with zero attached hydrogens (tertiary/aromatic N) is 4. The molecule has 2 saturated heterocycles. The average molecular weight is 375 g/mol. The fourth-order valence-electron chi connectivity index (χ4n) is 4.37. The summed E-state index contributed by atoms with van der Waals surface area (Å²) in [7, 11) is 0. The molecular formula is C20H30N4OS. The van der Waals surface area contributed by atoms with Gasteiger partial charge in [0.25, 0.3) is 0 Å². The summed E-state index contributed by atoms with van der Waals surface area (Å²) in [5.74, 6) is 0.828. The number of aromatic nitrogens is 2. The quantitative estimate of drug-likeness (QED) is 0.751. The first kappa shape index (κ1) is 18.2. The molecule has 0 radical (unpaired) electrons. The van der Waals surface area contributed by atoms with E-state index in [1.807, 2.05) is 0 Å². The molecule has 0 bridgehead atoms. The molecule has 4 rings (SSSR count). The summed E-state index contributed by atoms with van der Waals surface area (Å²) in [6, 6.07) is 8.59. The largest absolute Gasteiger partial charge is 0.379 e. The highest BCUT2D eigenvalue weighted by Gasteiger charge is 2.23. The second-order valence-electron chi connectivity index (χ2n) is 7.56. The van der Waals surface area contributed by atoms with Crippen LogP contribution in [0.1, 0.15) is 19.8 Å². The van der Waals surface area contributed by atoms with Gasteiger partial charge in [0.2, 0.25) is 0 Å². The van der Waals surface area contributed by atoms with E-state index in [0.29, 0.717) is 0 Å². The number of imidazole rings is 1. The molecule has 142 valence electrons. The summed E-state index contributed by atoms with van der Waals surface area (Å²) < 4.78 is 11.0. The highest BCUT2D eigenvalue weighted by Crippen LogP contribution is 2.22. The number of aryl methyl sites for hydroxylation is 1. The fourth-order valence-corrected chi connectivity index (χ4v) is 4.76. The van der Waals surface area contributed by atoms with E-state index in [0.717, 1.165) is 50.2 Å². The zero-order valence-electron chi connectivity index (χ0n) is 15.8. The predicted molar refractivity (Wildman–Crippen MR) is 108 cm³/mol. The lowest BCUT2D eigenvalue weighted by Crippen LogP contribution is -2.43. The Balaban J connectivity index is 1.39. The van der Waals surface area contributed by atoms with Crippen molar-refractivity contribution in [1.29, 1.82) is 0 Å². The Kier molecular flexibility index (Phi) is 5.74. The molecule has 0 amide bonds. The number of hydrogen-bond donors (Lipinski definition) is 0. The molecule has 6 heteroatoms. The number of para-hydroxylation sites is 2. The first-order valence-electron chi connectivity index (χ1n) is 9.96. The molecule has 5 nitrogen and oxygen atoms in total. The minimum atomic E-state index is 0.828. The highest BCUT2D eigenvalue weighted by molar-refractivity contribution is 7.71. The molecule has 26 heavy (non-hydrogen) atoms. The average Bonchev–Trinajstić information content (AvgIpc) is 2.95. The first-order valence-corrected chi connectivity index (χ1v) is 10.4. The van der Waals surface area contributed by atoms with Gasteiger partial charge < -0.3 is 13.9 Å². The Morgan fingerprint density at radius 1 is 0.962 bits per heavy atom. The van der Waals surface area contributed by atoms with Crippen LogP contribution in [-0.4, -0.2) is 64.9 Å². The number of rotatable bonds is 5. The minimum Gasteiger partial charge on any atom is -0.379 e. The molecule has 2 aliphatic rings. The zero-order valence-corrected chi connectivity index (χ0v) is 16.6. The molecule has 2 aliphatic heterocycles. The molecule has 3 heterocycles. The van der Waals surface area contributed by atoms with Gasteiger partial charge in [0.1, 0.15) is 0 Å².